The van der Waals surface area contributed by atoms with Crippen LogP contribution in [0.5, 0.6) is 0 Å². The molecule has 4 unspecified atom stereocenters. The Morgan fingerprint density at radius 2 is 1.83 bits per heavy atom. The molecule has 0 aromatic heterocycles. The van der Waals surface area contributed by atoms with Crippen molar-refractivity contribution in [2.75, 3.05) is 45.0 Å². The molecule has 2 N–H and O–H groups in total. The van der Waals surface area contributed by atoms with E-state index in [9.17, 15) is 22.4 Å². The van der Waals surface area contributed by atoms with Gasteiger partial charge in [-0.15, -0.1) is 0 Å². The third kappa shape index (κ3) is 8.96. The van der Waals surface area contributed by atoms with Gasteiger partial charge in [-0.05, 0) is 81.7 Å². The number of hydrogen-bond donors (Lipinski definition) is 2. The Bertz CT molecular complexity index is 1500. The zero-order valence-corrected chi connectivity index (χ0v) is 27.6. The SMILES string of the molecule is COC(=O)N=C(C)C(C(=O)Nc1cccc(F)c1CCCC1CNCC(C)N1S(C)(=O)=O)C(c1ccc(F)cc1)C1CCOCC1. The van der Waals surface area contributed by atoms with E-state index >= 15 is 4.39 Å². The molecule has 252 valence electrons. The van der Waals surface area contributed by atoms with Crippen LogP contribution < -0.4 is 10.6 Å². The van der Waals surface area contributed by atoms with E-state index in [1.807, 2.05) is 6.92 Å². The van der Waals surface area contributed by atoms with Gasteiger partial charge in [-0.2, -0.15) is 9.30 Å². The predicted octanol–water partition coefficient (Wildman–Crippen LogP) is 4.90. The molecule has 0 spiro atoms. The van der Waals surface area contributed by atoms with E-state index in [1.165, 1.54) is 41.9 Å². The van der Waals surface area contributed by atoms with Crippen LogP contribution in [0.3, 0.4) is 0 Å². The molecule has 2 amide bonds. The molecule has 0 bridgehead atoms. The Morgan fingerprint density at radius 1 is 1.13 bits per heavy atom. The number of nitrogens with zero attached hydrogens (tertiary/aromatic N) is 2. The highest BCUT2D eigenvalue weighted by atomic mass is 32.2. The van der Waals surface area contributed by atoms with Crippen LogP contribution in [0, 0.1) is 23.5 Å². The summed E-state index contributed by atoms with van der Waals surface area (Å²) in [6, 6.07) is 9.91. The molecule has 46 heavy (non-hydrogen) atoms. The first-order chi connectivity index (χ1) is 21.9. The minimum absolute atomic E-state index is 0.0472. The van der Waals surface area contributed by atoms with Crippen LogP contribution in [0.4, 0.5) is 19.3 Å². The van der Waals surface area contributed by atoms with Gasteiger partial charge in [-0.25, -0.2) is 22.0 Å². The third-order valence-corrected chi connectivity index (χ3v) is 10.3. The summed E-state index contributed by atoms with van der Waals surface area (Å²) >= 11 is 0. The maximum Gasteiger partial charge on any atom is 0.433 e. The number of hydrogen-bond acceptors (Lipinski definition) is 7. The number of halogens is 2. The number of ether oxygens (including phenoxy) is 2. The number of amides is 2. The quantitative estimate of drug-likeness (QED) is 0.328. The van der Waals surface area contributed by atoms with Crippen molar-refractivity contribution >= 4 is 33.4 Å². The molecular formula is C33H44F2N4O6S. The number of anilines is 1. The van der Waals surface area contributed by atoms with Gasteiger partial charge in [0.05, 0.1) is 19.3 Å². The highest BCUT2D eigenvalue weighted by molar-refractivity contribution is 7.88. The maximum atomic E-state index is 15.3. The van der Waals surface area contributed by atoms with Crippen LogP contribution in [-0.2, 0) is 30.7 Å². The number of carbonyl (C=O) groups excluding carboxylic acids is 2. The molecule has 2 heterocycles. The van der Waals surface area contributed by atoms with E-state index in [1.54, 1.807) is 25.1 Å². The highest BCUT2D eigenvalue weighted by Crippen LogP contribution is 2.40. The van der Waals surface area contributed by atoms with Gasteiger partial charge in [0.15, 0.2) is 0 Å². The topological polar surface area (TPSA) is 126 Å². The first kappa shape index (κ1) is 35.6. The Morgan fingerprint density at radius 3 is 2.48 bits per heavy atom. The van der Waals surface area contributed by atoms with Gasteiger partial charge in [-0.1, -0.05) is 18.2 Å². The number of piperazine rings is 1. The number of methoxy groups -OCH3 is 1. The van der Waals surface area contributed by atoms with E-state index in [2.05, 4.69) is 15.6 Å². The molecule has 2 saturated heterocycles. The van der Waals surface area contributed by atoms with Gasteiger partial charge < -0.3 is 20.1 Å². The molecule has 0 saturated carbocycles. The zero-order chi connectivity index (χ0) is 33.4. The first-order valence-corrected chi connectivity index (χ1v) is 17.5. The summed E-state index contributed by atoms with van der Waals surface area (Å²) in [4.78, 5) is 30.6. The summed E-state index contributed by atoms with van der Waals surface area (Å²) in [6.07, 6.45) is 2.85. The standard InChI is InChI=1S/C33H44F2N4O6S/c1-21-19-36-20-26(39(21)46(4,42)43)7-5-8-27-28(35)9-6-10-29(27)38-32(40)30(22(2)37-33(41)44-3)31(24-15-17-45-18-16-24)23-11-13-25(34)14-12-23/h6,9-14,21,24,26,30-31,36H,5,7-8,15-20H2,1-4H3,(H,38,40). The molecule has 13 heteroatoms. The van der Waals surface area contributed by atoms with Crippen molar-refractivity contribution < 1.29 is 36.3 Å². The number of sulfonamides is 1. The summed E-state index contributed by atoms with van der Waals surface area (Å²) in [5.74, 6) is -2.91. The van der Waals surface area contributed by atoms with Gasteiger partial charge in [0.25, 0.3) is 0 Å². The summed E-state index contributed by atoms with van der Waals surface area (Å²) < 4.78 is 66.1. The molecule has 2 aromatic carbocycles. The second-order valence-electron chi connectivity index (χ2n) is 12.1. The smallest absolute Gasteiger partial charge is 0.433 e. The van der Waals surface area contributed by atoms with E-state index < -0.39 is 45.5 Å². The lowest BCUT2D eigenvalue weighted by molar-refractivity contribution is -0.119. The van der Waals surface area contributed by atoms with Crippen molar-refractivity contribution in [1.29, 1.82) is 0 Å². The van der Waals surface area contributed by atoms with Crippen LogP contribution in [0.15, 0.2) is 47.5 Å². The van der Waals surface area contributed by atoms with Crippen LogP contribution in [0.2, 0.25) is 0 Å². The second kappa shape index (κ2) is 16.0. The van der Waals surface area contributed by atoms with E-state index in [4.69, 9.17) is 9.47 Å². The fourth-order valence-electron chi connectivity index (χ4n) is 6.85. The summed E-state index contributed by atoms with van der Waals surface area (Å²) in [7, 11) is -2.24. The zero-order valence-electron chi connectivity index (χ0n) is 26.8. The lowest BCUT2D eigenvalue weighted by Crippen LogP contribution is -2.57. The third-order valence-electron chi connectivity index (χ3n) is 8.90. The van der Waals surface area contributed by atoms with E-state index in [0.29, 0.717) is 63.1 Å². The minimum Gasteiger partial charge on any atom is -0.451 e. The minimum atomic E-state index is -3.43. The first-order valence-electron chi connectivity index (χ1n) is 15.6. The number of benzene rings is 2. The molecule has 2 fully saturated rings. The number of aliphatic imine (C=N–C) groups is 1. The van der Waals surface area contributed by atoms with Crippen molar-refractivity contribution in [3.63, 3.8) is 0 Å². The van der Waals surface area contributed by atoms with Crippen LogP contribution in [0.25, 0.3) is 0 Å². The monoisotopic (exact) mass is 662 g/mol. The average molecular weight is 663 g/mol. The van der Waals surface area contributed by atoms with E-state index in [0.717, 1.165) is 0 Å². The van der Waals surface area contributed by atoms with Gasteiger partial charge in [-0.3, -0.25) is 4.79 Å². The van der Waals surface area contributed by atoms with Crippen molar-refractivity contribution in [2.24, 2.45) is 16.8 Å². The average Bonchev–Trinajstić information content (AvgIpc) is 3.01. The van der Waals surface area contributed by atoms with Gasteiger partial charge in [0, 0.05) is 61.3 Å². The largest absolute Gasteiger partial charge is 0.451 e. The summed E-state index contributed by atoms with van der Waals surface area (Å²) in [5, 5.41) is 6.19. The Labute approximate surface area is 270 Å². The van der Waals surface area contributed by atoms with Crippen LogP contribution >= 0.6 is 0 Å². The highest BCUT2D eigenvalue weighted by Gasteiger charge is 2.39. The summed E-state index contributed by atoms with van der Waals surface area (Å²) in [5.41, 5.74) is 1.49. The molecule has 2 aliphatic heterocycles. The molecule has 10 nitrogen and oxygen atoms in total. The molecule has 2 aromatic rings. The molecule has 0 aliphatic carbocycles. The molecular weight excluding hydrogens is 618 g/mol. The fourth-order valence-corrected chi connectivity index (χ4v) is 8.30. The van der Waals surface area contributed by atoms with Crippen molar-refractivity contribution in [2.45, 2.75) is 64.0 Å². The number of carbonyl (C=O) groups is 2. The molecule has 4 rings (SSSR count). The van der Waals surface area contributed by atoms with E-state index in [-0.39, 0.29) is 35.8 Å². The lowest BCUT2D eigenvalue weighted by atomic mass is 9.71. The normalized spacial score (nSPS) is 21.4. The van der Waals surface area contributed by atoms with Gasteiger partial charge in [0.2, 0.25) is 15.9 Å². The van der Waals surface area contributed by atoms with Crippen LogP contribution in [-0.4, -0.2) is 82.2 Å². The van der Waals surface area contributed by atoms with Gasteiger partial charge >= 0.3 is 6.09 Å². The second-order valence-corrected chi connectivity index (χ2v) is 14.0. The van der Waals surface area contributed by atoms with Crippen LogP contribution in [0.1, 0.15) is 56.6 Å². The number of rotatable bonds is 11. The molecule has 2 aliphatic rings. The van der Waals surface area contributed by atoms with Crippen molar-refractivity contribution in [1.82, 2.24) is 9.62 Å². The molecule has 0 radical (unpaired) electrons. The number of nitrogens with one attached hydrogen (secondary N) is 2. The Kier molecular flexibility index (Phi) is 12.4. The van der Waals surface area contributed by atoms with Gasteiger partial charge in [0.1, 0.15) is 11.6 Å². The molecule has 4 atom stereocenters. The lowest BCUT2D eigenvalue weighted by Gasteiger charge is -2.39. The summed E-state index contributed by atoms with van der Waals surface area (Å²) in [6.45, 7) is 5.46. The Balaban J connectivity index is 1.63. The fraction of sp³-hybridized carbons (Fsp3) is 0.545. The van der Waals surface area contributed by atoms with Crippen molar-refractivity contribution in [3.8, 4) is 0 Å². The van der Waals surface area contributed by atoms with Crippen molar-refractivity contribution in [3.05, 3.63) is 65.2 Å². The Hall–Kier alpha value is -3.26. The maximum absolute atomic E-state index is 15.3. The predicted molar refractivity (Wildman–Crippen MR) is 172 cm³/mol.